The van der Waals surface area contributed by atoms with Gasteiger partial charge in [-0.05, 0) is 69.2 Å². The number of unbranched alkanes of at least 4 members (excludes halogenated alkanes) is 1. The molecule has 34 heavy (non-hydrogen) atoms. The molecule has 7 nitrogen and oxygen atoms in total. The molecule has 2 aromatic carbocycles. The number of benzene rings is 2. The molecule has 1 unspecified atom stereocenters. The van der Waals surface area contributed by atoms with E-state index in [9.17, 15) is 14.4 Å². The van der Waals surface area contributed by atoms with Gasteiger partial charge in [0, 0.05) is 12.5 Å². The first-order chi connectivity index (χ1) is 16.2. The molecule has 0 aliphatic heterocycles. The molecule has 0 saturated carbocycles. The Kier molecular flexibility index (Phi) is 8.31. The predicted molar refractivity (Wildman–Crippen MR) is 131 cm³/mol. The van der Waals surface area contributed by atoms with Crippen molar-refractivity contribution < 1.29 is 23.9 Å². The summed E-state index contributed by atoms with van der Waals surface area (Å²) < 4.78 is 10.7. The summed E-state index contributed by atoms with van der Waals surface area (Å²) in [5, 5.41) is 5.39. The molecule has 0 heterocycles. The molecule has 2 aromatic rings. The molecule has 0 saturated heterocycles. The molecule has 2 amide bonds. The number of fused-ring (bicyclic) bond motifs is 3. The number of nitrogens with one attached hydrogen (secondary N) is 2. The van der Waals surface area contributed by atoms with E-state index < -0.39 is 23.8 Å². The van der Waals surface area contributed by atoms with Crippen molar-refractivity contribution in [3.63, 3.8) is 0 Å². The van der Waals surface area contributed by atoms with Gasteiger partial charge in [0.2, 0.25) is 0 Å². The van der Waals surface area contributed by atoms with Gasteiger partial charge in [-0.15, -0.1) is 0 Å². The minimum absolute atomic E-state index is 0.0344. The first-order valence-electron chi connectivity index (χ1n) is 11.7. The van der Waals surface area contributed by atoms with Gasteiger partial charge in [0.05, 0.1) is 6.04 Å². The Morgan fingerprint density at radius 1 is 0.912 bits per heavy atom. The Hall–Kier alpha value is -3.35. The van der Waals surface area contributed by atoms with Crippen LogP contribution in [0.5, 0.6) is 0 Å². The van der Waals surface area contributed by atoms with E-state index in [-0.39, 0.29) is 18.3 Å². The van der Waals surface area contributed by atoms with E-state index in [1.807, 2.05) is 24.3 Å². The highest BCUT2D eigenvalue weighted by Gasteiger charge is 2.29. The van der Waals surface area contributed by atoms with Crippen LogP contribution in [0.25, 0.3) is 11.1 Å². The molecule has 0 spiro atoms. The molecular formula is C27H34N2O5. The molecule has 182 valence electrons. The lowest BCUT2D eigenvalue weighted by Crippen LogP contribution is -2.40. The second-order valence-electron chi connectivity index (χ2n) is 9.56. The Morgan fingerprint density at radius 2 is 1.50 bits per heavy atom. The zero-order chi connectivity index (χ0) is 24.7. The van der Waals surface area contributed by atoms with Crippen LogP contribution in [0, 0.1) is 0 Å². The standard InChI is InChI=1S/C27H34N2O5/c1-18(30)24(15-9-10-16-28-25(31)34-27(2,3)4)29-26(32)33-17-23-21-13-7-5-11-19(21)20-12-6-8-14-22(20)23/h5-8,11-14,23-24H,9-10,15-17H2,1-4H3,(H,28,31)(H,29,32). The van der Waals surface area contributed by atoms with E-state index in [4.69, 9.17) is 9.47 Å². The van der Waals surface area contributed by atoms with Gasteiger partial charge >= 0.3 is 12.2 Å². The lowest BCUT2D eigenvalue weighted by molar-refractivity contribution is -0.119. The third-order valence-corrected chi connectivity index (χ3v) is 5.71. The van der Waals surface area contributed by atoms with Crippen molar-refractivity contribution in [1.82, 2.24) is 10.6 Å². The van der Waals surface area contributed by atoms with E-state index in [1.165, 1.54) is 6.92 Å². The number of ketones is 1. The number of rotatable bonds is 9. The van der Waals surface area contributed by atoms with Crippen LogP contribution in [0.1, 0.15) is 64.0 Å². The van der Waals surface area contributed by atoms with Gasteiger partial charge in [0.25, 0.3) is 0 Å². The number of hydrogen-bond donors (Lipinski definition) is 2. The summed E-state index contributed by atoms with van der Waals surface area (Å²) in [5.74, 6) is -0.165. The summed E-state index contributed by atoms with van der Waals surface area (Å²) in [6.45, 7) is 7.50. The average Bonchev–Trinajstić information content (AvgIpc) is 3.09. The summed E-state index contributed by atoms with van der Waals surface area (Å²) in [6, 6.07) is 15.6. The Labute approximate surface area is 201 Å². The van der Waals surface area contributed by atoms with Crippen LogP contribution in [-0.2, 0) is 14.3 Å². The van der Waals surface area contributed by atoms with Crippen molar-refractivity contribution in [2.45, 2.75) is 64.5 Å². The molecule has 1 aliphatic carbocycles. The lowest BCUT2D eigenvalue weighted by Gasteiger charge is -2.20. The number of hydrogen-bond acceptors (Lipinski definition) is 5. The van der Waals surface area contributed by atoms with Crippen LogP contribution in [-0.4, -0.2) is 42.8 Å². The number of amides is 2. The monoisotopic (exact) mass is 466 g/mol. The molecule has 0 radical (unpaired) electrons. The summed E-state index contributed by atoms with van der Waals surface area (Å²) in [7, 11) is 0. The molecule has 0 aromatic heterocycles. The Balaban J connectivity index is 1.46. The molecule has 2 N–H and O–H groups in total. The van der Waals surface area contributed by atoms with Crippen LogP contribution >= 0.6 is 0 Å². The van der Waals surface area contributed by atoms with Gasteiger partial charge in [-0.3, -0.25) is 4.79 Å². The molecule has 7 heteroatoms. The van der Waals surface area contributed by atoms with Crippen LogP contribution < -0.4 is 10.6 Å². The molecule has 0 bridgehead atoms. The highest BCUT2D eigenvalue weighted by molar-refractivity contribution is 5.85. The van der Waals surface area contributed by atoms with Crippen molar-refractivity contribution in [2.75, 3.05) is 13.2 Å². The van der Waals surface area contributed by atoms with E-state index in [1.54, 1.807) is 20.8 Å². The SMILES string of the molecule is CC(=O)C(CCCCNC(=O)OC(C)(C)C)NC(=O)OCC1c2ccccc2-c2ccccc21. The van der Waals surface area contributed by atoms with Crippen molar-refractivity contribution in [3.8, 4) is 11.1 Å². The van der Waals surface area contributed by atoms with E-state index in [0.717, 1.165) is 22.3 Å². The smallest absolute Gasteiger partial charge is 0.407 e. The third kappa shape index (κ3) is 6.83. The number of carbonyl (C=O) groups excluding carboxylic acids is 3. The minimum Gasteiger partial charge on any atom is -0.449 e. The number of ether oxygens (including phenoxy) is 2. The zero-order valence-corrected chi connectivity index (χ0v) is 20.4. The van der Waals surface area contributed by atoms with Crippen LogP contribution in [0.15, 0.2) is 48.5 Å². The van der Waals surface area contributed by atoms with Crippen molar-refractivity contribution in [2.24, 2.45) is 0 Å². The first-order valence-corrected chi connectivity index (χ1v) is 11.7. The largest absolute Gasteiger partial charge is 0.449 e. The summed E-state index contributed by atoms with van der Waals surface area (Å²) in [6.07, 6.45) is 0.718. The van der Waals surface area contributed by atoms with Gasteiger partial charge in [-0.1, -0.05) is 48.5 Å². The van der Waals surface area contributed by atoms with Gasteiger partial charge < -0.3 is 20.1 Å². The summed E-state index contributed by atoms with van der Waals surface area (Å²) in [5.41, 5.74) is 4.05. The van der Waals surface area contributed by atoms with E-state index in [0.29, 0.717) is 25.8 Å². The van der Waals surface area contributed by atoms with Crippen LogP contribution in [0.2, 0.25) is 0 Å². The molecule has 1 aliphatic rings. The minimum atomic E-state index is -0.628. The maximum atomic E-state index is 12.5. The fourth-order valence-corrected chi connectivity index (χ4v) is 4.14. The fourth-order valence-electron chi connectivity index (χ4n) is 4.14. The number of alkyl carbamates (subject to hydrolysis) is 2. The topological polar surface area (TPSA) is 93.7 Å². The van der Waals surface area contributed by atoms with Crippen molar-refractivity contribution in [3.05, 3.63) is 59.7 Å². The average molecular weight is 467 g/mol. The highest BCUT2D eigenvalue weighted by Crippen LogP contribution is 2.44. The fraction of sp³-hybridized carbons (Fsp3) is 0.444. The molecule has 1 atom stereocenters. The Morgan fingerprint density at radius 3 is 2.06 bits per heavy atom. The number of Topliss-reactive ketones (excluding diaryl/α,β-unsaturated/α-hetero) is 1. The predicted octanol–water partition coefficient (Wildman–Crippen LogP) is 5.18. The van der Waals surface area contributed by atoms with Crippen molar-refractivity contribution in [1.29, 1.82) is 0 Å². The second kappa shape index (κ2) is 11.2. The quantitative estimate of drug-likeness (QED) is 0.497. The van der Waals surface area contributed by atoms with Gasteiger partial charge in [0.15, 0.2) is 5.78 Å². The maximum absolute atomic E-state index is 12.5. The van der Waals surface area contributed by atoms with E-state index in [2.05, 4.69) is 34.9 Å². The Bertz CT molecular complexity index is 982. The highest BCUT2D eigenvalue weighted by atomic mass is 16.6. The first kappa shape index (κ1) is 25.3. The van der Waals surface area contributed by atoms with Gasteiger partial charge in [-0.2, -0.15) is 0 Å². The normalized spacial score (nSPS) is 13.4. The third-order valence-electron chi connectivity index (χ3n) is 5.71. The summed E-state index contributed by atoms with van der Waals surface area (Å²) in [4.78, 5) is 36.2. The molecular weight excluding hydrogens is 432 g/mol. The van der Waals surface area contributed by atoms with Crippen LogP contribution in [0.4, 0.5) is 9.59 Å². The maximum Gasteiger partial charge on any atom is 0.407 e. The number of carbonyl (C=O) groups is 3. The summed E-state index contributed by atoms with van der Waals surface area (Å²) >= 11 is 0. The van der Waals surface area contributed by atoms with Crippen molar-refractivity contribution >= 4 is 18.0 Å². The van der Waals surface area contributed by atoms with Crippen LogP contribution in [0.3, 0.4) is 0 Å². The van der Waals surface area contributed by atoms with Gasteiger partial charge in [0.1, 0.15) is 12.2 Å². The zero-order valence-electron chi connectivity index (χ0n) is 20.4. The molecule has 3 rings (SSSR count). The molecule has 0 fully saturated rings. The van der Waals surface area contributed by atoms with E-state index >= 15 is 0 Å². The second-order valence-corrected chi connectivity index (χ2v) is 9.56. The van der Waals surface area contributed by atoms with Gasteiger partial charge in [-0.25, -0.2) is 9.59 Å². The lowest BCUT2D eigenvalue weighted by atomic mass is 9.98.